The van der Waals surface area contributed by atoms with Crippen molar-refractivity contribution in [1.29, 1.82) is 0 Å². The molecule has 4 aliphatic heterocycles. The molecule has 4 heterocycles. The molecule has 0 saturated carbocycles. The van der Waals surface area contributed by atoms with Crippen LogP contribution in [0.15, 0.2) is 123 Å². The van der Waals surface area contributed by atoms with Crippen LogP contribution in [0.2, 0.25) is 0 Å². The van der Waals surface area contributed by atoms with Gasteiger partial charge in [-0.2, -0.15) is 0 Å². The fourth-order valence-electron chi connectivity index (χ4n) is 17.2. The molecule has 8 nitrogen and oxygen atoms in total. The second-order valence-electron chi connectivity index (χ2n) is 28.8. The first-order valence-corrected chi connectivity index (χ1v) is 50.3. The molecule has 0 amide bonds. The summed E-state index contributed by atoms with van der Waals surface area (Å²) in [5.74, 6) is 0. The van der Waals surface area contributed by atoms with Gasteiger partial charge >= 0.3 is 73.5 Å². The Labute approximate surface area is 669 Å². The minimum absolute atomic E-state index is 0. The Morgan fingerprint density at radius 1 is 0.192 bits per heavy atom. The second-order valence-corrected chi connectivity index (χ2v) is 37.3. The Kier molecular flexibility index (Phi) is 38.7. The van der Waals surface area contributed by atoms with Gasteiger partial charge in [-0.25, -0.2) is 0 Å². The molecule has 4 fully saturated rings. The number of aryl methyl sites for hydroxylation is 24. The van der Waals surface area contributed by atoms with Gasteiger partial charge in [0.1, 0.15) is 0 Å². The van der Waals surface area contributed by atoms with Gasteiger partial charge in [0, 0.05) is 97.9 Å². The van der Waals surface area contributed by atoms with Crippen molar-refractivity contribution in [2.24, 2.45) is 0 Å². The average molecular weight is 1700 g/mol. The van der Waals surface area contributed by atoms with E-state index in [-0.39, 0.29) is 14.9 Å². The molecule has 0 spiro atoms. The Hall–Kier alpha value is -5.60. The van der Waals surface area contributed by atoms with Crippen LogP contribution >= 0.6 is 35.7 Å². The predicted octanol–water partition coefficient (Wildman–Crippen LogP) is 24.2. The number of halogens is 4. The maximum absolute atomic E-state index is 4.93. The monoisotopic (exact) mass is 1700 g/mol. The summed E-state index contributed by atoms with van der Waals surface area (Å²) < 4.78 is 0. The normalized spacial score (nSPS) is 13.4. The van der Waals surface area contributed by atoms with Crippen LogP contribution in [0.3, 0.4) is 0 Å². The quantitative estimate of drug-likeness (QED) is 0.110. The molecule has 0 N–H and O–H groups in total. The van der Waals surface area contributed by atoms with Crippen LogP contribution in [-0.4, -0.2) is 117 Å². The van der Waals surface area contributed by atoms with Gasteiger partial charge in [0.15, 0.2) is 0 Å². The molecule has 0 unspecified atom stereocenters. The molecule has 4 aliphatic rings. The Balaban J connectivity index is 0.000000343. The van der Waals surface area contributed by atoms with Crippen molar-refractivity contribution in [2.75, 3.05) is 118 Å². The maximum atomic E-state index is 4.93. The van der Waals surface area contributed by atoms with Gasteiger partial charge in [0.05, 0.1) is 26.7 Å². The molecule has 0 aromatic heterocycles. The van der Waals surface area contributed by atoms with E-state index in [4.69, 9.17) is 35.7 Å². The van der Waals surface area contributed by atoms with Crippen molar-refractivity contribution in [3.8, 4) is 0 Å². The van der Waals surface area contributed by atoms with Gasteiger partial charge in [-0.1, -0.05) is 156 Å². The molecule has 0 aliphatic carbocycles. The van der Waals surface area contributed by atoms with E-state index in [0.29, 0.717) is 0 Å². The van der Waals surface area contributed by atoms with E-state index in [1.165, 1.54) is 179 Å². The summed E-state index contributed by atoms with van der Waals surface area (Å²) in [4.78, 5) is 20.2. The molecule has 14 heteroatoms. The van der Waals surface area contributed by atoms with Crippen LogP contribution in [-0.2, 0) is 0 Å². The van der Waals surface area contributed by atoms with Gasteiger partial charge in [-0.05, 0) is 255 Å². The van der Waals surface area contributed by atoms with Gasteiger partial charge in [0.25, 0.3) is 0 Å². The molecule has 564 valence electrons. The third kappa shape index (κ3) is 24.2. The van der Waals surface area contributed by atoms with Gasteiger partial charge in [0.2, 0.25) is 0 Å². The van der Waals surface area contributed by atoms with Gasteiger partial charge < -0.3 is 39.2 Å². The molecule has 12 rings (SSSR count). The SMILES string of the molecule is C.C.C=C.C=C.Cc1cc(C)c(N2CCN(c3c(C)cc(C)cc3C)C2)c(C)c1.Cc1cc(C)c(N2CCN(c3c(C)cc(C)cc3C)C2)c(C)c1.Cc1cc(C)c(N2CCN(c3c(C)cc(C)cc3C)C2)c(C)c1.Cc1cc(C)c(N2CCN(c3c(C)cc(C)cc3C)C2)c(C)c1.[Cl][Sn][Cl].[Cl][Sn][Cl]. The zero-order valence-corrected chi connectivity index (χ0v) is 75.4. The van der Waals surface area contributed by atoms with Crippen molar-refractivity contribution >= 4 is 119 Å². The summed E-state index contributed by atoms with van der Waals surface area (Å²) >= 11 is -1.65. The minimum atomic E-state index is -0.826. The van der Waals surface area contributed by atoms with Crippen LogP contribution in [0.1, 0.15) is 148 Å². The number of rotatable bonds is 8. The first-order chi connectivity index (χ1) is 48.3. The van der Waals surface area contributed by atoms with Crippen LogP contribution < -0.4 is 39.2 Å². The van der Waals surface area contributed by atoms with Crippen molar-refractivity contribution in [3.05, 3.63) is 257 Å². The number of anilines is 8. The van der Waals surface area contributed by atoms with Crippen LogP contribution in [0, 0.1) is 166 Å². The van der Waals surface area contributed by atoms with E-state index in [1.54, 1.807) is 0 Å². The summed E-state index contributed by atoms with van der Waals surface area (Å²) in [7, 11) is 19.7. The summed E-state index contributed by atoms with van der Waals surface area (Å²) in [6.45, 7) is 77.9. The molecule has 8 aromatic rings. The second kappa shape index (κ2) is 43.4. The Morgan fingerprint density at radius 3 is 0.327 bits per heavy atom. The molecule has 4 saturated heterocycles. The summed E-state index contributed by atoms with van der Waals surface area (Å²) in [6.07, 6.45) is 0. The van der Waals surface area contributed by atoms with Gasteiger partial charge in [-0.3, -0.25) is 0 Å². The van der Waals surface area contributed by atoms with Crippen LogP contribution in [0.5, 0.6) is 0 Å². The predicted molar refractivity (Wildman–Crippen MR) is 474 cm³/mol. The number of nitrogens with zero attached hydrogens (tertiary/aromatic N) is 8. The zero-order chi connectivity index (χ0) is 76.3. The van der Waals surface area contributed by atoms with E-state index < -0.39 is 37.8 Å². The Bertz CT molecular complexity index is 3170. The fraction of sp³-hybridized carbons (Fsp3) is 0.422. The molecule has 104 heavy (non-hydrogen) atoms. The number of hydrogen-bond acceptors (Lipinski definition) is 8. The van der Waals surface area contributed by atoms with E-state index in [9.17, 15) is 0 Å². The van der Waals surface area contributed by atoms with Crippen LogP contribution in [0.25, 0.3) is 0 Å². The van der Waals surface area contributed by atoms with E-state index in [2.05, 4.69) is 329 Å². The van der Waals surface area contributed by atoms with E-state index in [1.807, 2.05) is 0 Å². The first kappa shape index (κ1) is 92.6. The standard InChI is InChI=1S/4C21H28N2.2C2H4.2CH4.4ClH.2Sn/c4*1-14-9-16(3)20(17(4)10-14)22-7-8-23(13-22)21-18(5)11-15(2)12-19(21)6;2*1-2;;;;;;;;/h4*9-12H,7-8,13H2,1-6H3;2*1-2H2;2*1H4;4*1H;;/q;;;;;;;;;;;;2*+2/p-4. The van der Waals surface area contributed by atoms with Crippen molar-refractivity contribution in [2.45, 2.75) is 181 Å². The van der Waals surface area contributed by atoms with Crippen molar-refractivity contribution in [1.82, 2.24) is 0 Å². The third-order valence-corrected chi connectivity index (χ3v) is 19.5. The van der Waals surface area contributed by atoms with Crippen molar-refractivity contribution < 1.29 is 0 Å². The molecule has 0 bridgehead atoms. The molecule has 4 radical (unpaired) electrons. The van der Waals surface area contributed by atoms with E-state index in [0.717, 1.165) is 79.0 Å². The molecular formula is C90H128Cl4N8Sn2. The number of hydrogen-bond donors (Lipinski definition) is 0. The topological polar surface area (TPSA) is 25.9 Å². The average Bonchev–Trinajstić information content (AvgIpc) is 1.65. The zero-order valence-electron chi connectivity index (χ0n) is 66.6. The molecule has 8 aromatic carbocycles. The molecular weight excluding hydrogens is 1570 g/mol. The number of benzene rings is 8. The summed E-state index contributed by atoms with van der Waals surface area (Å²) in [5.41, 5.74) is 44.4. The molecule has 0 atom stereocenters. The Morgan fingerprint density at radius 2 is 0.260 bits per heavy atom. The van der Waals surface area contributed by atoms with Crippen LogP contribution in [0.4, 0.5) is 45.5 Å². The fourth-order valence-corrected chi connectivity index (χ4v) is 17.2. The van der Waals surface area contributed by atoms with Crippen molar-refractivity contribution in [3.63, 3.8) is 0 Å². The summed E-state index contributed by atoms with van der Waals surface area (Å²) in [6, 6.07) is 36.8. The van der Waals surface area contributed by atoms with E-state index >= 15 is 0 Å². The van der Waals surface area contributed by atoms with Gasteiger partial charge in [-0.15, -0.1) is 26.3 Å². The first-order valence-electron chi connectivity index (χ1n) is 35.8. The summed E-state index contributed by atoms with van der Waals surface area (Å²) in [5, 5.41) is 0. The third-order valence-electron chi connectivity index (χ3n) is 19.5.